The number of piperazine rings is 1. The third kappa shape index (κ3) is 4.56. The van der Waals surface area contributed by atoms with Crippen LogP contribution in [-0.2, 0) is 4.79 Å². The van der Waals surface area contributed by atoms with E-state index in [9.17, 15) is 9.59 Å². The Morgan fingerprint density at radius 2 is 1.67 bits per heavy atom. The molecular weight excluding hydrogens is 268 g/mol. The summed E-state index contributed by atoms with van der Waals surface area (Å²) in [6.45, 7) is 8.00. The van der Waals surface area contributed by atoms with Gasteiger partial charge in [0.05, 0.1) is 0 Å². The SMILES string of the molecule is CC(=O)c1ccc(OCCN2CCN(C(C)=O)CC2)cc1. The minimum Gasteiger partial charge on any atom is -0.492 e. The van der Waals surface area contributed by atoms with Crippen molar-refractivity contribution in [1.29, 1.82) is 0 Å². The zero-order chi connectivity index (χ0) is 15.2. The molecule has 1 aliphatic rings. The first kappa shape index (κ1) is 15.5. The summed E-state index contributed by atoms with van der Waals surface area (Å²) in [5, 5.41) is 0. The third-order valence-electron chi connectivity index (χ3n) is 3.75. The van der Waals surface area contributed by atoms with Crippen molar-refractivity contribution >= 4 is 11.7 Å². The molecule has 0 saturated carbocycles. The standard InChI is InChI=1S/C16H22N2O3/c1-13(19)15-3-5-16(6-4-15)21-12-11-17-7-9-18(10-8-17)14(2)20/h3-6H,7-12H2,1-2H3. The number of ether oxygens (including phenoxy) is 1. The van der Waals surface area contributed by atoms with Crippen LogP contribution in [0.4, 0.5) is 0 Å². The van der Waals surface area contributed by atoms with Crippen molar-refractivity contribution in [2.75, 3.05) is 39.3 Å². The number of nitrogens with zero attached hydrogens (tertiary/aromatic N) is 2. The smallest absolute Gasteiger partial charge is 0.219 e. The van der Waals surface area contributed by atoms with E-state index in [2.05, 4.69) is 4.90 Å². The molecule has 0 aromatic heterocycles. The molecule has 1 saturated heterocycles. The Hall–Kier alpha value is -1.88. The van der Waals surface area contributed by atoms with Crippen molar-refractivity contribution in [1.82, 2.24) is 9.80 Å². The van der Waals surface area contributed by atoms with Crippen LogP contribution < -0.4 is 4.74 Å². The molecule has 5 heteroatoms. The van der Waals surface area contributed by atoms with Crippen LogP contribution >= 0.6 is 0 Å². The number of carbonyl (C=O) groups is 2. The molecule has 2 rings (SSSR count). The molecule has 21 heavy (non-hydrogen) atoms. The van der Waals surface area contributed by atoms with Crippen molar-refractivity contribution in [3.8, 4) is 5.75 Å². The first-order valence-corrected chi connectivity index (χ1v) is 7.28. The Kier molecular flexibility index (Phi) is 5.33. The van der Waals surface area contributed by atoms with E-state index < -0.39 is 0 Å². The van der Waals surface area contributed by atoms with Gasteiger partial charge in [-0.3, -0.25) is 14.5 Å². The summed E-state index contributed by atoms with van der Waals surface area (Å²) < 4.78 is 5.68. The minimum atomic E-state index is 0.0601. The maximum Gasteiger partial charge on any atom is 0.219 e. The molecule has 0 radical (unpaired) electrons. The van der Waals surface area contributed by atoms with E-state index in [0.29, 0.717) is 12.2 Å². The number of rotatable bonds is 5. The second kappa shape index (κ2) is 7.22. The predicted octanol–water partition coefficient (Wildman–Crippen LogP) is 1.43. The number of benzene rings is 1. The lowest BCUT2D eigenvalue weighted by Crippen LogP contribution is -2.48. The van der Waals surface area contributed by atoms with Gasteiger partial charge in [0.2, 0.25) is 5.91 Å². The van der Waals surface area contributed by atoms with Gasteiger partial charge in [-0.05, 0) is 31.2 Å². The number of hydrogen-bond donors (Lipinski definition) is 0. The van der Waals surface area contributed by atoms with Gasteiger partial charge in [-0.15, -0.1) is 0 Å². The van der Waals surface area contributed by atoms with Gasteiger partial charge in [0, 0.05) is 45.2 Å². The molecule has 0 bridgehead atoms. The van der Waals surface area contributed by atoms with Crippen molar-refractivity contribution in [3.63, 3.8) is 0 Å². The maximum atomic E-state index is 11.2. The molecule has 1 aliphatic heterocycles. The lowest BCUT2D eigenvalue weighted by molar-refractivity contribution is -0.130. The summed E-state index contributed by atoms with van der Waals surface area (Å²) in [5.74, 6) is 0.990. The molecule has 0 N–H and O–H groups in total. The van der Waals surface area contributed by atoms with E-state index in [-0.39, 0.29) is 11.7 Å². The highest BCUT2D eigenvalue weighted by molar-refractivity contribution is 5.94. The van der Waals surface area contributed by atoms with Gasteiger partial charge in [0.25, 0.3) is 0 Å². The second-order valence-electron chi connectivity index (χ2n) is 5.28. The normalized spacial score (nSPS) is 15.8. The molecule has 1 heterocycles. The molecule has 0 spiro atoms. The quantitative estimate of drug-likeness (QED) is 0.770. The number of hydrogen-bond acceptors (Lipinski definition) is 4. The van der Waals surface area contributed by atoms with Crippen LogP contribution in [-0.4, -0.2) is 60.8 Å². The highest BCUT2D eigenvalue weighted by Gasteiger charge is 2.17. The monoisotopic (exact) mass is 290 g/mol. The molecule has 114 valence electrons. The van der Waals surface area contributed by atoms with Crippen LogP contribution in [0.1, 0.15) is 24.2 Å². The predicted molar refractivity (Wildman–Crippen MR) is 80.6 cm³/mol. The molecule has 1 aromatic carbocycles. The van der Waals surface area contributed by atoms with Crippen LogP contribution in [0.25, 0.3) is 0 Å². The molecule has 1 fully saturated rings. The van der Waals surface area contributed by atoms with Gasteiger partial charge in [0.15, 0.2) is 5.78 Å². The molecule has 0 aliphatic carbocycles. The summed E-state index contributed by atoms with van der Waals surface area (Å²) >= 11 is 0. The summed E-state index contributed by atoms with van der Waals surface area (Å²) in [6, 6.07) is 7.21. The minimum absolute atomic E-state index is 0.0601. The number of Topliss-reactive ketones (excluding diaryl/α,β-unsaturated/α-hetero) is 1. The fourth-order valence-corrected chi connectivity index (χ4v) is 2.36. The average molecular weight is 290 g/mol. The summed E-state index contributed by atoms with van der Waals surface area (Å²) in [5.41, 5.74) is 0.697. The van der Waals surface area contributed by atoms with E-state index in [1.807, 2.05) is 17.0 Å². The van der Waals surface area contributed by atoms with E-state index in [1.54, 1.807) is 26.0 Å². The summed E-state index contributed by atoms with van der Waals surface area (Å²) in [4.78, 5) is 26.6. The van der Waals surface area contributed by atoms with Gasteiger partial charge in [0.1, 0.15) is 12.4 Å². The van der Waals surface area contributed by atoms with Crippen LogP contribution in [0.15, 0.2) is 24.3 Å². The molecule has 5 nitrogen and oxygen atoms in total. The van der Waals surface area contributed by atoms with Gasteiger partial charge < -0.3 is 9.64 Å². The first-order valence-electron chi connectivity index (χ1n) is 7.28. The Morgan fingerprint density at radius 3 is 2.19 bits per heavy atom. The Labute approximate surface area is 125 Å². The fraction of sp³-hybridized carbons (Fsp3) is 0.500. The van der Waals surface area contributed by atoms with Crippen molar-refractivity contribution < 1.29 is 14.3 Å². The van der Waals surface area contributed by atoms with Gasteiger partial charge in [-0.2, -0.15) is 0 Å². The first-order chi connectivity index (χ1) is 10.1. The topological polar surface area (TPSA) is 49.9 Å². The van der Waals surface area contributed by atoms with E-state index in [4.69, 9.17) is 4.74 Å². The molecule has 0 unspecified atom stereocenters. The highest BCUT2D eigenvalue weighted by atomic mass is 16.5. The van der Waals surface area contributed by atoms with E-state index in [0.717, 1.165) is 38.5 Å². The van der Waals surface area contributed by atoms with E-state index >= 15 is 0 Å². The van der Waals surface area contributed by atoms with Crippen molar-refractivity contribution in [3.05, 3.63) is 29.8 Å². The summed E-state index contributed by atoms with van der Waals surface area (Å²) in [7, 11) is 0. The Balaban J connectivity index is 1.70. The molecule has 0 atom stereocenters. The van der Waals surface area contributed by atoms with Gasteiger partial charge in [-0.25, -0.2) is 0 Å². The molecule has 1 aromatic rings. The lowest BCUT2D eigenvalue weighted by Gasteiger charge is -2.34. The number of carbonyl (C=O) groups excluding carboxylic acids is 2. The zero-order valence-electron chi connectivity index (χ0n) is 12.7. The second-order valence-corrected chi connectivity index (χ2v) is 5.28. The largest absolute Gasteiger partial charge is 0.492 e. The molecular formula is C16H22N2O3. The number of amides is 1. The fourth-order valence-electron chi connectivity index (χ4n) is 2.36. The van der Waals surface area contributed by atoms with Crippen LogP contribution in [0.5, 0.6) is 5.75 Å². The van der Waals surface area contributed by atoms with Crippen LogP contribution in [0, 0.1) is 0 Å². The van der Waals surface area contributed by atoms with Crippen LogP contribution in [0.2, 0.25) is 0 Å². The highest BCUT2D eigenvalue weighted by Crippen LogP contribution is 2.12. The lowest BCUT2D eigenvalue weighted by atomic mass is 10.1. The van der Waals surface area contributed by atoms with Crippen molar-refractivity contribution in [2.45, 2.75) is 13.8 Å². The van der Waals surface area contributed by atoms with Gasteiger partial charge >= 0.3 is 0 Å². The van der Waals surface area contributed by atoms with Crippen molar-refractivity contribution in [2.24, 2.45) is 0 Å². The number of ketones is 1. The third-order valence-corrected chi connectivity index (χ3v) is 3.75. The Bertz CT molecular complexity index is 491. The van der Waals surface area contributed by atoms with E-state index in [1.165, 1.54) is 0 Å². The average Bonchev–Trinajstić information content (AvgIpc) is 2.48. The summed E-state index contributed by atoms with van der Waals surface area (Å²) in [6.07, 6.45) is 0. The van der Waals surface area contributed by atoms with Gasteiger partial charge in [-0.1, -0.05) is 0 Å². The Morgan fingerprint density at radius 1 is 1.05 bits per heavy atom. The zero-order valence-corrected chi connectivity index (χ0v) is 12.7. The molecule has 1 amide bonds. The van der Waals surface area contributed by atoms with Crippen LogP contribution in [0.3, 0.4) is 0 Å². The maximum absolute atomic E-state index is 11.2.